The van der Waals surface area contributed by atoms with Crippen LogP contribution in [-0.4, -0.2) is 26.3 Å². The minimum absolute atomic E-state index is 0.0359. The van der Waals surface area contributed by atoms with Crippen molar-refractivity contribution < 1.29 is 19.1 Å². The molecule has 0 heterocycles. The van der Waals surface area contributed by atoms with Crippen molar-refractivity contribution in [2.45, 2.75) is 6.42 Å². The second-order valence-corrected chi connectivity index (χ2v) is 2.92. The number of esters is 1. The van der Waals surface area contributed by atoms with Gasteiger partial charge in [-0.25, -0.2) is 4.79 Å². The zero-order valence-electron chi connectivity index (χ0n) is 9.02. The largest absolute Gasteiger partial charge is 0.494 e. The van der Waals surface area contributed by atoms with E-state index >= 15 is 0 Å². The van der Waals surface area contributed by atoms with E-state index in [4.69, 9.17) is 4.74 Å². The number of ether oxygens (including phenoxy) is 2. The van der Waals surface area contributed by atoms with Gasteiger partial charge < -0.3 is 9.47 Å². The van der Waals surface area contributed by atoms with Crippen LogP contribution in [0.5, 0.6) is 5.75 Å². The predicted molar refractivity (Wildman–Crippen MR) is 56.5 cm³/mol. The molecule has 0 unspecified atom stereocenters. The van der Waals surface area contributed by atoms with Gasteiger partial charge in [-0.2, -0.15) is 4.99 Å². The molecule has 0 amide bonds. The summed E-state index contributed by atoms with van der Waals surface area (Å²) in [5, 5.41) is 0. The predicted octanol–water partition coefficient (Wildman–Crippen LogP) is 1.38. The first-order chi connectivity index (χ1) is 7.72. The molecule has 84 valence electrons. The maximum atomic E-state index is 11.1. The van der Waals surface area contributed by atoms with Gasteiger partial charge in [0, 0.05) is 0 Å². The Balaban J connectivity index is 3.16. The van der Waals surface area contributed by atoms with Gasteiger partial charge in [0.05, 0.1) is 20.6 Å². The quantitative estimate of drug-likeness (QED) is 0.437. The highest BCUT2D eigenvalue weighted by Gasteiger charge is 2.11. The van der Waals surface area contributed by atoms with E-state index in [1.807, 2.05) is 0 Å². The van der Waals surface area contributed by atoms with Crippen LogP contribution in [0.1, 0.15) is 5.56 Å². The summed E-state index contributed by atoms with van der Waals surface area (Å²) in [6.07, 6.45) is 1.47. The van der Waals surface area contributed by atoms with Crippen molar-refractivity contribution in [3.05, 3.63) is 23.8 Å². The van der Waals surface area contributed by atoms with Crippen molar-refractivity contribution in [3.63, 3.8) is 0 Å². The van der Waals surface area contributed by atoms with Gasteiger partial charge in [-0.3, -0.25) is 4.79 Å². The Labute approximate surface area is 92.7 Å². The third-order valence-electron chi connectivity index (χ3n) is 2.02. The van der Waals surface area contributed by atoms with E-state index in [0.717, 1.165) is 0 Å². The monoisotopic (exact) mass is 221 g/mol. The van der Waals surface area contributed by atoms with E-state index in [0.29, 0.717) is 17.0 Å². The van der Waals surface area contributed by atoms with E-state index in [1.165, 1.54) is 20.3 Å². The lowest BCUT2D eigenvalue weighted by molar-refractivity contribution is -0.139. The van der Waals surface area contributed by atoms with Crippen LogP contribution in [0.25, 0.3) is 0 Å². The van der Waals surface area contributed by atoms with Crippen LogP contribution in [0.4, 0.5) is 5.69 Å². The van der Waals surface area contributed by atoms with Gasteiger partial charge in [-0.1, -0.05) is 12.1 Å². The molecule has 0 N–H and O–H groups in total. The number of methoxy groups -OCH3 is 2. The van der Waals surface area contributed by atoms with Crippen LogP contribution in [-0.2, 0) is 20.7 Å². The summed E-state index contributed by atoms with van der Waals surface area (Å²) < 4.78 is 9.57. The summed E-state index contributed by atoms with van der Waals surface area (Å²) in [5.74, 6) is 0.0142. The average Bonchev–Trinajstić information content (AvgIpc) is 2.31. The number of rotatable bonds is 4. The van der Waals surface area contributed by atoms with Crippen molar-refractivity contribution >= 4 is 17.7 Å². The highest BCUT2D eigenvalue weighted by atomic mass is 16.5. The lowest BCUT2D eigenvalue weighted by Crippen LogP contribution is -2.04. The molecule has 16 heavy (non-hydrogen) atoms. The Bertz CT molecular complexity index is 436. The molecule has 0 aromatic heterocycles. The molecule has 0 fully saturated rings. The molecule has 0 aliphatic heterocycles. The third-order valence-corrected chi connectivity index (χ3v) is 2.02. The first kappa shape index (κ1) is 11.9. The zero-order valence-corrected chi connectivity index (χ0v) is 9.02. The Morgan fingerprint density at radius 2 is 2.19 bits per heavy atom. The molecule has 1 rings (SSSR count). The molecule has 0 spiro atoms. The second-order valence-electron chi connectivity index (χ2n) is 2.92. The van der Waals surface area contributed by atoms with Crippen molar-refractivity contribution in [1.29, 1.82) is 0 Å². The molecule has 0 saturated heterocycles. The molecule has 5 nitrogen and oxygen atoms in total. The summed E-state index contributed by atoms with van der Waals surface area (Å²) in [6, 6.07) is 5.04. The number of hydrogen-bond donors (Lipinski definition) is 0. The van der Waals surface area contributed by atoms with Crippen molar-refractivity contribution in [1.82, 2.24) is 0 Å². The Morgan fingerprint density at radius 3 is 2.75 bits per heavy atom. The van der Waals surface area contributed by atoms with Crippen molar-refractivity contribution in [3.8, 4) is 5.75 Å². The molecular weight excluding hydrogens is 210 g/mol. The van der Waals surface area contributed by atoms with Gasteiger partial charge in [0.15, 0.2) is 0 Å². The van der Waals surface area contributed by atoms with Crippen LogP contribution in [0.3, 0.4) is 0 Å². The summed E-state index contributed by atoms with van der Waals surface area (Å²) >= 11 is 0. The van der Waals surface area contributed by atoms with Crippen molar-refractivity contribution in [2.24, 2.45) is 4.99 Å². The number of aliphatic imine (C=N–C) groups is 1. The maximum Gasteiger partial charge on any atom is 0.310 e. The smallest absolute Gasteiger partial charge is 0.310 e. The highest BCUT2D eigenvalue weighted by molar-refractivity contribution is 5.76. The minimum atomic E-state index is -0.407. The summed E-state index contributed by atoms with van der Waals surface area (Å²) in [5.41, 5.74) is 0.875. The number of isocyanates is 1. The number of carbonyl (C=O) groups excluding carboxylic acids is 2. The molecular formula is C11H11NO4. The van der Waals surface area contributed by atoms with Gasteiger partial charge in [-0.15, -0.1) is 0 Å². The van der Waals surface area contributed by atoms with Gasteiger partial charge >= 0.3 is 5.97 Å². The van der Waals surface area contributed by atoms with Gasteiger partial charge in [0.1, 0.15) is 11.4 Å². The molecule has 0 saturated carbocycles. The van der Waals surface area contributed by atoms with Crippen LogP contribution in [0.15, 0.2) is 23.2 Å². The number of hydrogen-bond acceptors (Lipinski definition) is 5. The summed E-state index contributed by atoms with van der Waals surface area (Å²) in [6.45, 7) is 0. The lowest BCUT2D eigenvalue weighted by atomic mass is 10.1. The first-order valence-corrected chi connectivity index (χ1v) is 4.53. The third kappa shape index (κ3) is 2.68. The van der Waals surface area contributed by atoms with E-state index in [1.54, 1.807) is 18.2 Å². The van der Waals surface area contributed by atoms with E-state index < -0.39 is 5.97 Å². The second kappa shape index (κ2) is 5.68. The zero-order chi connectivity index (χ0) is 12.0. The van der Waals surface area contributed by atoms with Gasteiger partial charge in [-0.05, 0) is 11.6 Å². The molecule has 0 radical (unpaired) electrons. The van der Waals surface area contributed by atoms with Gasteiger partial charge in [0.25, 0.3) is 0 Å². The van der Waals surface area contributed by atoms with Crippen LogP contribution >= 0.6 is 0 Å². The topological polar surface area (TPSA) is 65.0 Å². The standard InChI is InChI=1S/C11H11NO4/c1-15-9-5-3-4-8(6-10(14)16-2)11(9)12-7-13/h3-5H,6H2,1-2H3. The highest BCUT2D eigenvalue weighted by Crippen LogP contribution is 2.31. The SMILES string of the molecule is COC(=O)Cc1cccc(OC)c1N=C=O. The normalized spacial score (nSPS) is 9.12. The molecule has 1 aromatic carbocycles. The number of para-hydroxylation sites is 1. The molecule has 0 bridgehead atoms. The van der Waals surface area contributed by atoms with Crippen molar-refractivity contribution in [2.75, 3.05) is 14.2 Å². The minimum Gasteiger partial charge on any atom is -0.494 e. The van der Waals surface area contributed by atoms with Gasteiger partial charge in [0.2, 0.25) is 6.08 Å². The van der Waals surface area contributed by atoms with Crippen LogP contribution < -0.4 is 4.74 Å². The Kier molecular flexibility index (Phi) is 4.24. The van der Waals surface area contributed by atoms with Crippen LogP contribution in [0.2, 0.25) is 0 Å². The average molecular weight is 221 g/mol. The lowest BCUT2D eigenvalue weighted by Gasteiger charge is -2.07. The van der Waals surface area contributed by atoms with E-state index in [9.17, 15) is 9.59 Å². The van der Waals surface area contributed by atoms with E-state index in [-0.39, 0.29) is 6.42 Å². The molecule has 1 aromatic rings. The Morgan fingerprint density at radius 1 is 1.44 bits per heavy atom. The molecule has 0 aliphatic carbocycles. The molecule has 0 aliphatic rings. The fourth-order valence-corrected chi connectivity index (χ4v) is 1.28. The van der Waals surface area contributed by atoms with E-state index in [2.05, 4.69) is 9.73 Å². The molecule has 5 heteroatoms. The number of carbonyl (C=O) groups is 1. The first-order valence-electron chi connectivity index (χ1n) is 4.53. The molecule has 0 atom stereocenters. The fraction of sp³-hybridized carbons (Fsp3) is 0.273. The summed E-state index contributed by atoms with van der Waals surface area (Å²) in [7, 11) is 2.76. The Hall–Kier alpha value is -2.13. The number of nitrogens with zero attached hydrogens (tertiary/aromatic N) is 1. The summed E-state index contributed by atoms with van der Waals surface area (Å²) in [4.78, 5) is 24.9. The fourth-order valence-electron chi connectivity index (χ4n) is 1.28. The maximum absolute atomic E-state index is 11.1. The number of benzene rings is 1. The van der Waals surface area contributed by atoms with Crippen LogP contribution in [0, 0.1) is 0 Å².